The Labute approximate surface area is 67.4 Å². The zero-order valence-corrected chi connectivity index (χ0v) is 7.33. The quantitative estimate of drug-likeness (QED) is 0.563. The van der Waals surface area contributed by atoms with Crippen LogP contribution in [0.4, 0.5) is 0 Å². The second kappa shape index (κ2) is 4.88. The van der Waals surface area contributed by atoms with Crippen LogP contribution in [0.3, 0.4) is 0 Å². The van der Waals surface area contributed by atoms with Gasteiger partial charge in [-0.2, -0.15) is 0 Å². The average Bonchev–Trinajstić information content (AvgIpc) is 1.98. The zero-order chi connectivity index (χ0) is 8.85. The summed E-state index contributed by atoms with van der Waals surface area (Å²) in [6.07, 6.45) is 1.97. The predicted molar refractivity (Wildman–Crippen MR) is 43.2 cm³/mol. The molecule has 0 spiro atoms. The fourth-order valence-electron chi connectivity index (χ4n) is 0.882. The number of aldehydes is 1. The summed E-state index contributed by atoms with van der Waals surface area (Å²) in [5, 5.41) is 0. The topological polar surface area (TPSA) is 37.4 Å². The van der Waals surface area contributed by atoms with E-state index in [1.54, 1.807) is 19.0 Å². The Kier molecular flexibility index (Phi) is 4.50. The molecule has 0 heterocycles. The van der Waals surface area contributed by atoms with E-state index in [0.29, 0.717) is 12.8 Å². The van der Waals surface area contributed by atoms with Gasteiger partial charge in [-0.1, -0.05) is 6.92 Å². The van der Waals surface area contributed by atoms with E-state index in [1.807, 2.05) is 6.92 Å². The molecule has 3 nitrogen and oxygen atoms in total. The van der Waals surface area contributed by atoms with Gasteiger partial charge >= 0.3 is 0 Å². The summed E-state index contributed by atoms with van der Waals surface area (Å²) in [6.45, 7) is 1.84. The van der Waals surface area contributed by atoms with Crippen molar-refractivity contribution in [2.24, 2.45) is 5.92 Å². The molecule has 0 aromatic carbocycles. The summed E-state index contributed by atoms with van der Waals surface area (Å²) in [7, 11) is 3.44. The summed E-state index contributed by atoms with van der Waals surface area (Å²) in [6, 6.07) is 0. The molecular formula is C8H15NO2. The highest BCUT2D eigenvalue weighted by atomic mass is 16.2. The molecule has 3 heteroatoms. The molecule has 0 saturated carbocycles. The fourth-order valence-corrected chi connectivity index (χ4v) is 0.882. The van der Waals surface area contributed by atoms with Crippen LogP contribution in [0.1, 0.15) is 19.8 Å². The third-order valence-corrected chi connectivity index (χ3v) is 1.58. The van der Waals surface area contributed by atoms with Crippen molar-refractivity contribution in [3.63, 3.8) is 0 Å². The molecule has 0 aromatic heterocycles. The van der Waals surface area contributed by atoms with Crippen molar-refractivity contribution in [2.45, 2.75) is 19.8 Å². The summed E-state index contributed by atoms with van der Waals surface area (Å²) < 4.78 is 0. The summed E-state index contributed by atoms with van der Waals surface area (Å²) >= 11 is 0. The standard InChI is InChI=1S/C8H15NO2/c1-7(5-4-6-10)8(11)9(2)3/h6-7H,4-5H2,1-3H3. The van der Waals surface area contributed by atoms with E-state index < -0.39 is 0 Å². The second-order valence-corrected chi connectivity index (χ2v) is 2.88. The summed E-state index contributed by atoms with van der Waals surface area (Å²) in [5.41, 5.74) is 0. The number of hydrogen-bond acceptors (Lipinski definition) is 2. The molecule has 0 aliphatic carbocycles. The smallest absolute Gasteiger partial charge is 0.224 e. The van der Waals surface area contributed by atoms with Gasteiger partial charge in [0.15, 0.2) is 0 Å². The van der Waals surface area contributed by atoms with E-state index >= 15 is 0 Å². The first-order chi connectivity index (χ1) is 5.09. The number of nitrogens with zero attached hydrogens (tertiary/aromatic N) is 1. The Morgan fingerprint density at radius 3 is 2.45 bits per heavy atom. The molecule has 11 heavy (non-hydrogen) atoms. The van der Waals surface area contributed by atoms with Crippen LogP contribution in [0.25, 0.3) is 0 Å². The highest BCUT2D eigenvalue weighted by molar-refractivity contribution is 5.78. The number of amides is 1. The van der Waals surface area contributed by atoms with Crippen LogP contribution in [-0.4, -0.2) is 31.2 Å². The highest BCUT2D eigenvalue weighted by Crippen LogP contribution is 2.06. The third-order valence-electron chi connectivity index (χ3n) is 1.58. The Hall–Kier alpha value is -0.860. The molecule has 0 aromatic rings. The zero-order valence-electron chi connectivity index (χ0n) is 7.33. The molecule has 0 aliphatic rings. The van der Waals surface area contributed by atoms with Crippen molar-refractivity contribution < 1.29 is 9.59 Å². The van der Waals surface area contributed by atoms with Gasteiger partial charge in [-0.15, -0.1) is 0 Å². The van der Waals surface area contributed by atoms with Crippen LogP contribution in [0.5, 0.6) is 0 Å². The van der Waals surface area contributed by atoms with E-state index in [4.69, 9.17) is 0 Å². The molecular weight excluding hydrogens is 142 g/mol. The lowest BCUT2D eigenvalue weighted by molar-refractivity contribution is -0.132. The van der Waals surface area contributed by atoms with Gasteiger partial charge in [0.1, 0.15) is 6.29 Å². The van der Waals surface area contributed by atoms with Crippen LogP contribution in [0, 0.1) is 5.92 Å². The van der Waals surface area contributed by atoms with E-state index in [2.05, 4.69) is 0 Å². The van der Waals surface area contributed by atoms with Crippen LogP contribution < -0.4 is 0 Å². The van der Waals surface area contributed by atoms with Gasteiger partial charge in [-0.3, -0.25) is 4.79 Å². The minimum atomic E-state index is -0.0322. The lowest BCUT2D eigenvalue weighted by atomic mass is 10.1. The summed E-state index contributed by atoms with van der Waals surface area (Å²) in [4.78, 5) is 22.7. The Morgan fingerprint density at radius 2 is 2.09 bits per heavy atom. The van der Waals surface area contributed by atoms with Crippen molar-refractivity contribution in [1.82, 2.24) is 4.90 Å². The van der Waals surface area contributed by atoms with Crippen LogP contribution in [0.2, 0.25) is 0 Å². The van der Waals surface area contributed by atoms with Crippen molar-refractivity contribution >= 4 is 12.2 Å². The highest BCUT2D eigenvalue weighted by Gasteiger charge is 2.13. The van der Waals surface area contributed by atoms with E-state index in [1.165, 1.54) is 0 Å². The first-order valence-corrected chi connectivity index (χ1v) is 3.74. The van der Waals surface area contributed by atoms with Gasteiger partial charge in [-0.25, -0.2) is 0 Å². The molecule has 0 bridgehead atoms. The van der Waals surface area contributed by atoms with Gasteiger partial charge in [0, 0.05) is 26.4 Å². The maximum atomic E-state index is 11.2. The van der Waals surface area contributed by atoms with E-state index in [0.717, 1.165) is 6.29 Å². The summed E-state index contributed by atoms with van der Waals surface area (Å²) in [5.74, 6) is 0.0575. The Morgan fingerprint density at radius 1 is 1.55 bits per heavy atom. The molecule has 0 N–H and O–H groups in total. The van der Waals surface area contributed by atoms with Crippen molar-refractivity contribution in [2.75, 3.05) is 14.1 Å². The lowest BCUT2D eigenvalue weighted by Crippen LogP contribution is -2.27. The molecule has 0 aliphatic heterocycles. The third kappa shape index (κ3) is 3.75. The SMILES string of the molecule is CC(CCC=O)C(=O)N(C)C. The maximum Gasteiger partial charge on any atom is 0.224 e. The molecule has 0 radical (unpaired) electrons. The Balaban J connectivity index is 3.73. The number of hydrogen-bond donors (Lipinski definition) is 0. The molecule has 64 valence electrons. The monoisotopic (exact) mass is 157 g/mol. The number of carbonyl (C=O) groups is 2. The van der Waals surface area contributed by atoms with E-state index in [9.17, 15) is 9.59 Å². The minimum absolute atomic E-state index is 0.0322. The van der Waals surface area contributed by atoms with Gasteiger partial charge in [-0.05, 0) is 6.42 Å². The van der Waals surface area contributed by atoms with E-state index in [-0.39, 0.29) is 11.8 Å². The van der Waals surface area contributed by atoms with Crippen LogP contribution >= 0.6 is 0 Å². The first kappa shape index (κ1) is 10.1. The van der Waals surface area contributed by atoms with Crippen molar-refractivity contribution in [3.8, 4) is 0 Å². The fraction of sp³-hybridized carbons (Fsp3) is 0.750. The molecule has 0 saturated heterocycles. The van der Waals surface area contributed by atoms with Gasteiger partial charge in [0.25, 0.3) is 0 Å². The minimum Gasteiger partial charge on any atom is -0.349 e. The normalized spacial score (nSPS) is 12.3. The Bertz CT molecular complexity index is 143. The van der Waals surface area contributed by atoms with Gasteiger partial charge < -0.3 is 9.69 Å². The molecule has 1 unspecified atom stereocenters. The first-order valence-electron chi connectivity index (χ1n) is 3.74. The van der Waals surface area contributed by atoms with Crippen molar-refractivity contribution in [1.29, 1.82) is 0 Å². The van der Waals surface area contributed by atoms with Crippen LogP contribution in [0.15, 0.2) is 0 Å². The average molecular weight is 157 g/mol. The largest absolute Gasteiger partial charge is 0.349 e. The molecule has 0 fully saturated rings. The number of carbonyl (C=O) groups excluding carboxylic acids is 2. The molecule has 1 atom stereocenters. The number of rotatable bonds is 4. The van der Waals surface area contributed by atoms with Gasteiger partial charge in [0.2, 0.25) is 5.91 Å². The van der Waals surface area contributed by atoms with Gasteiger partial charge in [0.05, 0.1) is 0 Å². The second-order valence-electron chi connectivity index (χ2n) is 2.88. The predicted octanol–water partition coefficient (Wildman–Crippen LogP) is 0.690. The van der Waals surface area contributed by atoms with Crippen molar-refractivity contribution in [3.05, 3.63) is 0 Å². The molecule has 0 rings (SSSR count). The lowest BCUT2D eigenvalue weighted by Gasteiger charge is -2.15. The molecule has 1 amide bonds. The maximum absolute atomic E-state index is 11.2. The van der Waals surface area contributed by atoms with Crippen LogP contribution in [-0.2, 0) is 9.59 Å².